The number of aryl methyl sites for hydroxylation is 1. The van der Waals surface area contributed by atoms with E-state index >= 15 is 0 Å². The number of aromatic nitrogens is 2. The number of carbonyl (C=O) groups excluding carboxylic acids is 1. The number of nitrogens with zero attached hydrogens (tertiary/aromatic N) is 4. The number of likely N-dealkylation sites (N-methyl/N-ethyl adjacent to an activating group) is 2. The lowest BCUT2D eigenvalue weighted by atomic mass is 10.0. The third-order valence-electron chi connectivity index (χ3n) is 5.73. The van der Waals surface area contributed by atoms with Gasteiger partial charge in [-0.3, -0.25) is 4.79 Å². The van der Waals surface area contributed by atoms with Crippen LogP contribution in [0.1, 0.15) is 23.5 Å². The zero-order valence-electron chi connectivity index (χ0n) is 17.2. The molecule has 29 heavy (non-hydrogen) atoms. The van der Waals surface area contributed by atoms with E-state index < -0.39 is 0 Å². The average molecular weight is 396 g/mol. The smallest absolute Gasteiger partial charge is 0.222 e. The van der Waals surface area contributed by atoms with Gasteiger partial charge < -0.3 is 25.2 Å². The maximum atomic E-state index is 12.6. The largest absolute Gasteiger partial charge is 0.496 e. The molecule has 0 saturated heterocycles. The molecule has 2 aromatic rings. The lowest BCUT2D eigenvalue weighted by Crippen LogP contribution is -2.36. The Labute approximate surface area is 171 Å². The third-order valence-corrected chi connectivity index (χ3v) is 5.73. The van der Waals surface area contributed by atoms with E-state index in [4.69, 9.17) is 4.74 Å². The van der Waals surface area contributed by atoms with Gasteiger partial charge >= 0.3 is 0 Å². The van der Waals surface area contributed by atoms with Gasteiger partial charge in [-0.05, 0) is 37.2 Å². The fourth-order valence-electron chi connectivity index (χ4n) is 4.03. The van der Waals surface area contributed by atoms with Crippen molar-refractivity contribution >= 4 is 23.2 Å². The van der Waals surface area contributed by atoms with Gasteiger partial charge in [0.05, 0.1) is 7.11 Å². The highest BCUT2D eigenvalue weighted by Crippen LogP contribution is 2.36. The number of hydrogen-bond donors (Lipinski definition) is 2. The van der Waals surface area contributed by atoms with E-state index in [1.54, 1.807) is 13.4 Å². The SMILES string of the molecule is COc1ccc2cc1CCC(=O)N(C)CCN(C)CC1CNc3ncnc(c31)N2. The quantitative estimate of drug-likeness (QED) is 0.764. The van der Waals surface area contributed by atoms with Gasteiger partial charge in [0.15, 0.2) is 0 Å². The van der Waals surface area contributed by atoms with Crippen molar-refractivity contribution in [2.45, 2.75) is 18.8 Å². The van der Waals surface area contributed by atoms with Crippen LogP contribution in [0.5, 0.6) is 5.75 Å². The predicted octanol–water partition coefficient (Wildman–Crippen LogP) is 2.07. The molecule has 154 valence electrons. The van der Waals surface area contributed by atoms with E-state index in [0.717, 1.165) is 53.8 Å². The van der Waals surface area contributed by atoms with Gasteiger partial charge in [-0.1, -0.05) is 0 Å². The number of amides is 1. The van der Waals surface area contributed by atoms with Crippen LogP contribution in [0.15, 0.2) is 24.5 Å². The maximum Gasteiger partial charge on any atom is 0.222 e. The highest BCUT2D eigenvalue weighted by molar-refractivity contribution is 5.76. The Hall–Kier alpha value is -2.87. The van der Waals surface area contributed by atoms with Crippen molar-refractivity contribution in [1.82, 2.24) is 19.8 Å². The van der Waals surface area contributed by atoms with E-state index in [2.05, 4.69) is 32.5 Å². The van der Waals surface area contributed by atoms with Gasteiger partial charge in [-0.15, -0.1) is 0 Å². The van der Waals surface area contributed by atoms with E-state index in [0.29, 0.717) is 19.4 Å². The van der Waals surface area contributed by atoms with Crippen LogP contribution in [0, 0.1) is 0 Å². The molecule has 2 N–H and O–H groups in total. The zero-order chi connectivity index (χ0) is 20.4. The van der Waals surface area contributed by atoms with Gasteiger partial charge in [0.2, 0.25) is 5.91 Å². The van der Waals surface area contributed by atoms with Crippen molar-refractivity contribution < 1.29 is 9.53 Å². The zero-order valence-corrected chi connectivity index (χ0v) is 17.2. The minimum Gasteiger partial charge on any atom is -0.496 e. The number of anilines is 3. The van der Waals surface area contributed by atoms with Crippen LogP contribution in [0.2, 0.25) is 0 Å². The molecule has 1 unspecified atom stereocenters. The van der Waals surface area contributed by atoms with Crippen LogP contribution in [0.3, 0.4) is 0 Å². The summed E-state index contributed by atoms with van der Waals surface area (Å²) in [5.41, 5.74) is 3.05. The Kier molecular flexibility index (Phi) is 5.53. The fraction of sp³-hybridized carbons (Fsp3) is 0.476. The first-order valence-corrected chi connectivity index (χ1v) is 10.0. The average Bonchev–Trinajstić information content (AvgIpc) is 3.13. The summed E-state index contributed by atoms with van der Waals surface area (Å²) in [7, 11) is 5.63. The van der Waals surface area contributed by atoms with Gasteiger partial charge in [0.1, 0.15) is 23.7 Å². The summed E-state index contributed by atoms with van der Waals surface area (Å²) < 4.78 is 5.51. The van der Waals surface area contributed by atoms with E-state index in [-0.39, 0.29) is 11.8 Å². The van der Waals surface area contributed by atoms with Gasteiger partial charge in [-0.2, -0.15) is 0 Å². The second-order valence-corrected chi connectivity index (χ2v) is 7.79. The number of hydrogen-bond acceptors (Lipinski definition) is 7. The first kappa shape index (κ1) is 19.4. The van der Waals surface area contributed by atoms with Crippen LogP contribution in [0.4, 0.5) is 17.3 Å². The summed E-state index contributed by atoms with van der Waals surface area (Å²) in [6, 6.07) is 5.96. The number of benzene rings is 1. The topological polar surface area (TPSA) is 82.6 Å². The molecule has 0 saturated carbocycles. The Balaban J connectivity index is 1.71. The molecule has 1 atom stereocenters. The van der Waals surface area contributed by atoms with E-state index in [9.17, 15) is 4.79 Å². The second kappa shape index (κ2) is 8.24. The molecule has 4 rings (SSSR count). The molecular weight excluding hydrogens is 368 g/mol. The molecule has 0 spiro atoms. The highest BCUT2D eigenvalue weighted by Gasteiger charge is 2.29. The predicted molar refractivity (Wildman–Crippen MR) is 113 cm³/mol. The lowest BCUT2D eigenvalue weighted by Gasteiger charge is -2.24. The van der Waals surface area contributed by atoms with Crippen molar-refractivity contribution in [1.29, 1.82) is 0 Å². The molecule has 0 aliphatic carbocycles. The number of methoxy groups -OCH3 is 1. The van der Waals surface area contributed by atoms with Crippen LogP contribution in [0.25, 0.3) is 0 Å². The van der Waals surface area contributed by atoms with Crippen LogP contribution in [-0.4, -0.2) is 73.1 Å². The molecule has 2 aliphatic heterocycles. The standard InChI is InChI=1S/C21H28N6O2/c1-26-8-9-27(2)18(28)7-4-14-10-16(5-6-17(14)29-3)25-21-19-15(12-26)11-22-20(19)23-13-24-21/h5-6,10,13,15H,4,7-9,11-12H2,1-3H3,(H2,22,23,24,25). The Morgan fingerprint density at radius 1 is 1.14 bits per heavy atom. The summed E-state index contributed by atoms with van der Waals surface area (Å²) in [6.45, 7) is 3.23. The number of nitrogens with one attached hydrogen (secondary N) is 2. The second-order valence-electron chi connectivity index (χ2n) is 7.79. The van der Waals surface area contributed by atoms with Gasteiger partial charge in [-0.25, -0.2) is 9.97 Å². The maximum absolute atomic E-state index is 12.6. The molecule has 3 heterocycles. The Morgan fingerprint density at radius 3 is 2.79 bits per heavy atom. The number of rotatable bonds is 1. The molecular formula is C21H28N6O2. The summed E-state index contributed by atoms with van der Waals surface area (Å²) in [6.07, 6.45) is 2.67. The minimum absolute atomic E-state index is 0.146. The number of fused-ring (bicyclic) bond motifs is 2. The molecule has 0 fully saturated rings. The Bertz CT molecular complexity index is 903. The number of ether oxygens (including phenoxy) is 1. The molecule has 1 aromatic carbocycles. The Morgan fingerprint density at radius 2 is 1.97 bits per heavy atom. The summed E-state index contributed by atoms with van der Waals surface area (Å²) >= 11 is 0. The van der Waals surface area contributed by atoms with Crippen LogP contribution in [-0.2, 0) is 11.2 Å². The van der Waals surface area contributed by atoms with Crippen molar-refractivity contribution in [2.75, 3.05) is 58.0 Å². The first-order valence-electron chi connectivity index (χ1n) is 10.0. The summed E-state index contributed by atoms with van der Waals surface area (Å²) in [5.74, 6) is 2.95. The van der Waals surface area contributed by atoms with Gasteiger partial charge in [0.25, 0.3) is 0 Å². The van der Waals surface area contributed by atoms with Crippen molar-refractivity contribution in [3.8, 4) is 5.75 Å². The fourth-order valence-corrected chi connectivity index (χ4v) is 4.03. The van der Waals surface area contributed by atoms with Gasteiger partial charge in [0, 0.05) is 56.8 Å². The monoisotopic (exact) mass is 396 g/mol. The van der Waals surface area contributed by atoms with Crippen molar-refractivity contribution in [3.63, 3.8) is 0 Å². The third kappa shape index (κ3) is 4.12. The van der Waals surface area contributed by atoms with E-state index in [1.807, 2.05) is 30.1 Å². The normalized spacial score (nSPS) is 20.2. The molecule has 2 aliphatic rings. The summed E-state index contributed by atoms with van der Waals surface area (Å²) in [5, 5.41) is 6.87. The molecule has 1 aromatic heterocycles. The molecule has 0 radical (unpaired) electrons. The van der Waals surface area contributed by atoms with Crippen LogP contribution >= 0.6 is 0 Å². The van der Waals surface area contributed by atoms with Crippen molar-refractivity contribution in [2.24, 2.45) is 0 Å². The molecule has 1 amide bonds. The molecule has 8 heteroatoms. The minimum atomic E-state index is 0.146. The molecule has 2 bridgehead atoms. The van der Waals surface area contributed by atoms with Crippen molar-refractivity contribution in [3.05, 3.63) is 35.7 Å². The highest BCUT2D eigenvalue weighted by atomic mass is 16.5. The number of carbonyl (C=O) groups is 1. The molecule has 8 nitrogen and oxygen atoms in total. The van der Waals surface area contributed by atoms with Crippen LogP contribution < -0.4 is 15.4 Å². The van der Waals surface area contributed by atoms with E-state index in [1.165, 1.54) is 0 Å². The lowest BCUT2D eigenvalue weighted by molar-refractivity contribution is -0.130. The summed E-state index contributed by atoms with van der Waals surface area (Å²) in [4.78, 5) is 25.6. The first-order chi connectivity index (χ1) is 14.0.